The number of nitrogens with one attached hydrogen (secondary N) is 1. The molecule has 2 heterocycles. The number of halogens is 1. The average molecular weight is 351 g/mol. The van der Waals surface area contributed by atoms with Gasteiger partial charge in [0.25, 0.3) is 0 Å². The van der Waals surface area contributed by atoms with E-state index < -0.39 is 0 Å². The van der Waals surface area contributed by atoms with Crippen molar-refractivity contribution in [3.63, 3.8) is 0 Å². The first-order chi connectivity index (χ1) is 12.2. The highest BCUT2D eigenvalue weighted by Gasteiger charge is 2.13. The van der Waals surface area contributed by atoms with E-state index in [4.69, 9.17) is 11.6 Å². The second-order valence-electron chi connectivity index (χ2n) is 5.74. The van der Waals surface area contributed by atoms with Crippen molar-refractivity contribution in [1.29, 1.82) is 0 Å². The fourth-order valence-corrected chi connectivity index (χ4v) is 3.18. The highest BCUT2D eigenvalue weighted by Crippen LogP contribution is 2.30. The summed E-state index contributed by atoms with van der Waals surface area (Å²) >= 11 is 6.15. The molecule has 0 atom stereocenters. The number of nitrogens with zero attached hydrogens (tertiary/aromatic N) is 3. The van der Waals surface area contributed by atoms with Gasteiger partial charge in [-0.25, -0.2) is 9.97 Å². The lowest BCUT2D eigenvalue weighted by Gasteiger charge is -2.08. The molecule has 0 aliphatic heterocycles. The van der Waals surface area contributed by atoms with Crippen molar-refractivity contribution in [3.05, 3.63) is 71.8 Å². The Morgan fingerprint density at radius 1 is 1.08 bits per heavy atom. The molecule has 5 nitrogen and oxygen atoms in total. The molecule has 4 rings (SSSR count). The Hall–Kier alpha value is -2.92. The van der Waals surface area contributed by atoms with E-state index in [2.05, 4.69) is 15.3 Å². The Kier molecular flexibility index (Phi) is 4.07. The number of amides is 1. The Labute approximate surface area is 149 Å². The van der Waals surface area contributed by atoms with Crippen LogP contribution in [0.15, 0.2) is 61.1 Å². The lowest BCUT2D eigenvalue weighted by Crippen LogP contribution is -2.27. The summed E-state index contributed by atoms with van der Waals surface area (Å²) < 4.78 is 2.01. The summed E-state index contributed by atoms with van der Waals surface area (Å²) in [5.41, 5.74) is 2.78. The van der Waals surface area contributed by atoms with Crippen molar-refractivity contribution < 1.29 is 4.79 Å². The third kappa shape index (κ3) is 3.06. The number of benzene rings is 2. The number of fused-ring (bicyclic) bond motifs is 3. The zero-order chi connectivity index (χ0) is 17.2. The SMILES string of the molecule is O=C(Cn1c2ccccc2c2cc(Cl)ccc21)NCc1ccncn1. The molecule has 0 spiro atoms. The van der Waals surface area contributed by atoms with Crippen LogP contribution in [-0.2, 0) is 17.9 Å². The maximum atomic E-state index is 12.4. The first-order valence-electron chi connectivity index (χ1n) is 7.90. The van der Waals surface area contributed by atoms with Crippen molar-refractivity contribution in [2.45, 2.75) is 13.1 Å². The zero-order valence-electron chi connectivity index (χ0n) is 13.3. The van der Waals surface area contributed by atoms with E-state index in [-0.39, 0.29) is 12.5 Å². The summed E-state index contributed by atoms with van der Waals surface area (Å²) in [6.45, 7) is 0.612. The van der Waals surface area contributed by atoms with Gasteiger partial charge in [0.15, 0.2) is 0 Å². The van der Waals surface area contributed by atoms with E-state index in [1.807, 2.05) is 47.0 Å². The molecule has 2 aromatic heterocycles. The third-order valence-electron chi connectivity index (χ3n) is 4.15. The standard InChI is InChI=1S/C19H15ClN4O/c20-13-5-6-18-16(9-13)15-3-1-2-4-17(15)24(18)11-19(25)22-10-14-7-8-21-12-23-14/h1-9,12H,10-11H2,(H,22,25). The number of rotatable bonds is 4. The summed E-state index contributed by atoms with van der Waals surface area (Å²) in [6.07, 6.45) is 3.13. The van der Waals surface area contributed by atoms with Gasteiger partial charge >= 0.3 is 0 Å². The van der Waals surface area contributed by atoms with E-state index in [0.29, 0.717) is 11.6 Å². The van der Waals surface area contributed by atoms with Crippen molar-refractivity contribution in [2.75, 3.05) is 0 Å². The molecule has 0 saturated carbocycles. The predicted molar refractivity (Wildman–Crippen MR) is 98.3 cm³/mol. The van der Waals surface area contributed by atoms with Gasteiger partial charge in [-0.3, -0.25) is 4.79 Å². The molecule has 0 aliphatic carbocycles. The van der Waals surface area contributed by atoms with Crippen LogP contribution in [0.2, 0.25) is 5.02 Å². The van der Waals surface area contributed by atoms with Crippen LogP contribution < -0.4 is 5.32 Å². The first-order valence-corrected chi connectivity index (χ1v) is 8.28. The Balaban J connectivity index is 1.65. The van der Waals surface area contributed by atoms with E-state index in [0.717, 1.165) is 27.5 Å². The summed E-state index contributed by atoms with van der Waals surface area (Å²) in [4.78, 5) is 20.4. The van der Waals surface area contributed by atoms with Crippen LogP contribution in [0.4, 0.5) is 0 Å². The minimum Gasteiger partial charge on any atom is -0.349 e. The van der Waals surface area contributed by atoms with Gasteiger partial charge in [0.2, 0.25) is 5.91 Å². The van der Waals surface area contributed by atoms with Crippen molar-refractivity contribution in [2.24, 2.45) is 0 Å². The second kappa shape index (κ2) is 6.53. The van der Waals surface area contributed by atoms with Crippen LogP contribution in [0.1, 0.15) is 5.69 Å². The van der Waals surface area contributed by atoms with Crippen molar-refractivity contribution in [3.8, 4) is 0 Å². The smallest absolute Gasteiger partial charge is 0.240 e. The van der Waals surface area contributed by atoms with Gasteiger partial charge in [-0.15, -0.1) is 0 Å². The molecule has 0 fully saturated rings. The summed E-state index contributed by atoms with van der Waals surface area (Å²) in [5, 5.41) is 5.72. The molecule has 124 valence electrons. The van der Waals surface area contributed by atoms with Crippen LogP contribution in [0.5, 0.6) is 0 Å². The van der Waals surface area contributed by atoms with E-state index >= 15 is 0 Å². The lowest BCUT2D eigenvalue weighted by atomic mass is 10.2. The molecular weight excluding hydrogens is 336 g/mol. The topological polar surface area (TPSA) is 59.8 Å². The highest BCUT2D eigenvalue weighted by atomic mass is 35.5. The zero-order valence-corrected chi connectivity index (χ0v) is 14.1. The Morgan fingerprint density at radius 3 is 2.76 bits per heavy atom. The molecule has 0 radical (unpaired) electrons. The number of para-hydroxylation sites is 1. The lowest BCUT2D eigenvalue weighted by molar-refractivity contribution is -0.121. The van der Waals surface area contributed by atoms with Gasteiger partial charge in [0, 0.05) is 33.0 Å². The first kappa shape index (κ1) is 15.6. The molecule has 0 bridgehead atoms. The molecule has 0 saturated heterocycles. The Bertz CT molecular complexity index is 1060. The van der Waals surface area contributed by atoms with E-state index in [9.17, 15) is 4.79 Å². The maximum Gasteiger partial charge on any atom is 0.240 e. The fourth-order valence-electron chi connectivity index (χ4n) is 3.01. The van der Waals surface area contributed by atoms with Crippen LogP contribution in [0.25, 0.3) is 21.8 Å². The normalized spacial score (nSPS) is 11.1. The summed E-state index contributed by atoms with van der Waals surface area (Å²) in [7, 11) is 0. The third-order valence-corrected chi connectivity index (χ3v) is 4.38. The molecule has 6 heteroatoms. The number of carbonyl (C=O) groups excluding carboxylic acids is 1. The van der Waals surface area contributed by atoms with Crippen LogP contribution in [0.3, 0.4) is 0 Å². The van der Waals surface area contributed by atoms with Gasteiger partial charge < -0.3 is 9.88 Å². The van der Waals surface area contributed by atoms with E-state index in [1.54, 1.807) is 12.3 Å². The highest BCUT2D eigenvalue weighted by molar-refractivity contribution is 6.31. The Morgan fingerprint density at radius 2 is 1.92 bits per heavy atom. The molecule has 0 unspecified atom stereocenters. The number of aromatic nitrogens is 3. The second-order valence-corrected chi connectivity index (χ2v) is 6.18. The van der Waals surface area contributed by atoms with Gasteiger partial charge in [0.05, 0.1) is 12.2 Å². The average Bonchev–Trinajstić information content (AvgIpc) is 2.94. The minimum atomic E-state index is -0.0729. The fraction of sp³-hybridized carbons (Fsp3) is 0.105. The van der Waals surface area contributed by atoms with Gasteiger partial charge in [-0.2, -0.15) is 0 Å². The quantitative estimate of drug-likeness (QED) is 0.612. The molecular formula is C19H15ClN4O. The van der Waals surface area contributed by atoms with Gasteiger partial charge in [-0.05, 0) is 30.3 Å². The largest absolute Gasteiger partial charge is 0.349 e. The van der Waals surface area contributed by atoms with Crippen molar-refractivity contribution in [1.82, 2.24) is 19.9 Å². The predicted octanol–water partition coefficient (Wildman–Crippen LogP) is 3.55. The summed E-state index contributed by atoms with van der Waals surface area (Å²) in [5.74, 6) is -0.0729. The molecule has 1 N–H and O–H groups in total. The number of hydrogen-bond acceptors (Lipinski definition) is 3. The van der Waals surface area contributed by atoms with Crippen LogP contribution in [-0.4, -0.2) is 20.4 Å². The van der Waals surface area contributed by atoms with Crippen molar-refractivity contribution >= 4 is 39.3 Å². The van der Waals surface area contributed by atoms with E-state index in [1.165, 1.54) is 6.33 Å². The molecule has 0 aliphatic rings. The van der Waals surface area contributed by atoms with Gasteiger partial charge in [-0.1, -0.05) is 29.8 Å². The molecule has 4 aromatic rings. The number of carbonyl (C=O) groups is 1. The van der Waals surface area contributed by atoms with Crippen LogP contribution >= 0.6 is 11.6 Å². The van der Waals surface area contributed by atoms with Crippen LogP contribution in [0, 0.1) is 0 Å². The monoisotopic (exact) mass is 350 g/mol. The molecule has 2 aromatic carbocycles. The minimum absolute atomic E-state index is 0.0729. The summed E-state index contributed by atoms with van der Waals surface area (Å²) in [6, 6.07) is 15.5. The number of hydrogen-bond donors (Lipinski definition) is 1. The van der Waals surface area contributed by atoms with Gasteiger partial charge in [0.1, 0.15) is 12.9 Å². The molecule has 1 amide bonds. The maximum absolute atomic E-state index is 12.4. The molecule has 25 heavy (non-hydrogen) atoms.